The Bertz CT molecular complexity index is 1050. The van der Waals surface area contributed by atoms with Crippen molar-refractivity contribution in [2.24, 2.45) is 0 Å². The highest BCUT2D eigenvalue weighted by Gasteiger charge is 2.19. The van der Waals surface area contributed by atoms with E-state index in [-0.39, 0.29) is 47.3 Å². The third kappa shape index (κ3) is 5.36. The van der Waals surface area contributed by atoms with Crippen LogP contribution in [0.1, 0.15) is 20.7 Å². The number of benzene rings is 2. The SMILES string of the molecule is C=CCOc1nc(Oc2ccccc2C(=O)OC)nc(Oc2ccccc2C(=O)OC)n1. The van der Waals surface area contributed by atoms with E-state index in [0.29, 0.717) is 0 Å². The Kier molecular flexibility index (Phi) is 7.31. The molecule has 0 N–H and O–H groups in total. The Hall–Kier alpha value is -4.47. The number of aromatic nitrogens is 3. The Labute approximate surface area is 183 Å². The summed E-state index contributed by atoms with van der Waals surface area (Å²) in [6, 6.07) is 12.3. The number of nitrogens with zero attached hydrogens (tertiary/aromatic N) is 3. The second-order valence-corrected chi connectivity index (χ2v) is 5.96. The molecule has 0 radical (unpaired) electrons. The normalized spacial score (nSPS) is 10.1. The van der Waals surface area contributed by atoms with E-state index >= 15 is 0 Å². The second kappa shape index (κ2) is 10.5. The summed E-state index contributed by atoms with van der Waals surface area (Å²) in [5, 5.41) is 0. The minimum atomic E-state index is -0.596. The lowest BCUT2D eigenvalue weighted by Crippen LogP contribution is -2.08. The molecule has 1 aromatic heterocycles. The van der Waals surface area contributed by atoms with Crippen LogP contribution in [0.2, 0.25) is 0 Å². The fourth-order valence-corrected chi connectivity index (χ4v) is 2.47. The molecular weight excluding hydrogens is 418 g/mol. The average Bonchev–Trinajstić information content (AvgIpc) is 2.82. The maximum atomic E-state index is 12.0. The summed E-state index contributed by atoms with van der Waals surface area (Å²) in [7, 11) is 2.52. The fraction of sp³-hybridized carbons (Fsp3) is 0.136. The average molecular weight is 437 g/mol. The number of carbonyl (C=O) groups is 2. The van der Waals surface area contributed by atoms with E-state index in [0.717, 1.165) is 0 Å². The van der Waals surface area contributed by atoms with Gasteiger partial charge in [-0.3, -0.25) is 0 Å². The van der Waals surface area contributed by atoms with Crippen molar-refractivity contribution in [1.82, 2.24) is 15.0 Å². The van der Waals surface area contributed by atoms with Crippen LogP contribution in [0, 0.1) is 0 Å². The molecule has 0 aliphatic heterocycles. The van der Waals surface area contributed by atoms with Gasteiger partial charge >= 0.3 is 30.0 Å². The van der Waals surface area contributed by atoms with Crippen molar-refractivity contribution < 1.29 is 33.3 Å². The Morgan fingerprint density at radius 2 is 1.22 bits per heavy atom. The number of hydrogen-bond donors (Lipinski definition) is 0. The Balaban J connectivity index is 1.98. The Morgan fingerprint density at radius 1 is 0.781 bits per heavy atom. The molecule has 10 heteroatoms. The van der Waals surface area contributed by atoms with Gasteiger partial charge in [-0.05, 0) is 24.3 Å². The van der Waals surface area contributed by atoms with Crippen LogP contribution in [0.3, 0.4) is 0 Å². The van der Waals surface area contributed by atoms with Gasteiger partial charge in [-0.2, -0.15) is 0 Å². The van der Waals surface area contributed by atoms with Crippen molar-refractivity contribution in [3.05, 3.63) is 72.3 Å². The highest BCUT2D eigenvalue weighted by molar-refractivity contribution is 5.93. The highest BCUT2D eigenvalue weighted by Crippen LogP contribution is 2.28. The van der Waals surface area contributed by atoms with Crippen LogP contribution in [0.4, 0.5) is 0 Å². The number of carbonyl (C=O) groups excluding carboxylic acids is 2. The van der Waals surface area contributed by atoms with Gasteiger partial charge in [0.1, 0.15) is 29.2 Å². The first-order valence-electron chi connectivity index (χ1n) is 9.26. The smallest absolute Gasteiger partial charge is 0.341 e. The van der Waals surface area contributed by atoms with Gasteiger partial charge in [0, 0.05) is 0 Å². The molecule has 0 unspecified atom stereocenters. The van der Waals surface area contributed by atoms with Crippen LogP contribution in [0.5, 0.6) is 29.5 Å². The van der Waals surface area contributed by atoms with Crippen LogP contribution in [-0.4, -0.2) is 47.7 Å². The maximum Gasteiger partial charge on any atom is 0.341 e. The van der Waals surface area contributed by atoms with Gasteiger partial charge in [0.05, 0.1) is 14.2 Å². The molecular formula is C22H19N3O7. The van der Waals surface area contributed by atoms with Crippen molar-refractivity contribution in [3.8, 4) is 29.5 Å². The summed E-state index contributed by atoms with van der Waals surface area (Å²) in [6.45, 7) is 3.69. The number of methoxy groups -OCH3 is 2. The third-order valence-electron chi connectivity index (χ3n) is 3.89. The molecule has 0 aliphatic rings. The molecule has 0 aliphatic carbocycles. The van der Waals surface area contributed by atoms with E-state index in [1.807, 2.05) is 0 Å². The lowest BCUT2D eigenvalue weighted by Gasteiger charge is -2.12. The summed E-state index contributed by atoms with van der Waals surface area (Å²) in [5.41, 5.74) is 0.338. The first-order chi connectivity index (χ1) is 15.5. The van der Waals surface area contributed by atoms with Gasteiger partial charge in [-0.15, -0.1) is 15.0 Å². The zero-order chi connectivity index (χ0) is 22.9. The minimum absolute atomic E-state index is 0.111. The molecule has 0 bridgehead atoms. The topological polar surface area (TPSA) is 119 Å². The van der Waals surface area contributed by atoms with E-state index < -0.39 is 11.9 Å². The molecule has 0 amide bonds. The lowest BCUT2D eigenvalue weighted by atomic mass is 10.2. The summed E-state index contributed by atoms with van der Waals surface area (Å²) >= 11 is 0. The van der Waals surface area contributed by atoms with Gasteiger partial charge in [0.25, 0.3) is 0 Å². The standard InChI is InChI=1S/C22H19N3O7/c1-4-13-30-20-23-21(31-16-11-7-5-9-14(16)18(26)28-2)25-22(24-20)32-17-12-8-6-10-15(17)19(27)29-3/h4-12H,1,13H2,2-3H3. The molecule has 0 fully saturated rings. The van der Waals surface area contributed by atoms with Crippen LogP contribution in [0.15, 0.2) is 61.2 Å². The van der Waals surface area contributed by atoms with Crippen LogP contribution < -0.4 is 14.2 Å². The molecule has 0 saturated carbocycles. The molecule has 32 heavy (non-hydrogen) atoms. The minimum Gasteiger partial charge on any atom is -0.465 e. The van der Waals surface area contributed by atoms with Gasteiger partial charge < -0.3 is 23.7 Å². The van der Waals surface area contributed by atoms with Crippen molar-refractivity contribution in [2.45, 2.75) is 0 Å². The maximum absolute atomic E-state index is 12.0. The molecule has 0 atom stereocenters. The quantitative estimate of drug-likeness (QED) is 0.363. The molecule has 0 spiro atoms. The van der Waals surface area contributed by atoms with E-state index in [9.17, 15) is 9.59 Å². The van der Waals surface area contributed by atoms with Gasteiger partial charge in [0.15, 0.2) is 0 Å². The number of hydrogen-bond acceptors (Lipinski definition) is 10. The van der Waals surface area contributed by atoms with Crippen molar-refractivity contribution in [2.75, 3.05) is 20.8 Å². The van der Waals surface area contributed by atoms with Gasteiger partial charge in [0.2, 0.25) is 0 Å². The fourth-order valence-electron chi connectivity index (χ4n) is 2.47. The molecule has 2 aromatic carbocycles. The third-order valence-corrected chi connectivity index (χ3v) is 3.89. The van der Waals surface area contributed by atoms with E-state index in [1.54, 1.807) is 36.4 Å². The first kappa shape index (κ1) is 22.2. The van der Waals surface area contributed by atoms with Crippen molar-refractivity contribution in [3.63, 3.8) is 0 Å². The first-order valence-corrected chi connectivity index (χ1v) is 9.26. The number of rotatable bonds is 9. The van der Waals surface area contributed by atoms with E-state index in [4.69, 9.17) is 23.7 Å². The molecule has 0 saturated heterocycles. The number of esters is 2. The molecule has 1 heterocycles. The summed E-state index contributed by atoms with van der Waals surface area (Å²) in [4.78, 5) is 36.3. The van der Waals surface area contributed by atoms with Crippen LogP contribution in [-0.2, 0) is 9.47 Å². The number of para-hydroxylation sites is 2. The zero-order valence-corrected chi connectivity index (χ0v) is 17.3. The van der Waals surface area contributed by atoms with Crippen LogP contribution >= 0.6 is 0 Å². The molecule has 3 aromatic rings. The van der Waals surface area contributed by atoms with Crippen molar-refractivity contribution in [1.29, 1.82) is 0 Å². The van der Waals surface area contributed by atoms with Gasteiger partial charge in [-0.1, -0.05) is 36.9 Å². The van der Waals surface area contributed by atoms with Gasteiger partial charge in [-0.25, -0.2) is 9.59 Å². The lowest BCUT2D eigenvalue weighted by molar-refractivity contribution is 0.0588. The number of ether oxygens (including phenoxy) is 5. The summed E-state index contributed by atoms with van der Waals surface area (Å²) in [6.07, 6.45) is 1.50. The molecule has 3 rings (SSSR count). The second-order valence-electron chi connectivity index (χ2n) is 5.96. The largest absolute Gasteiger partial charge is 0.465 e. The van der Waals surface area contributed by atoms with Crippen LogP contribution in [0.25, 0.3) is 0 Å². The summed E-state index contributed by atoms with van der Waals surface area (Å²) < 4.78 is 26.3. The predicted octanol–water partition coefficient (Wildman–Crippen LogP) is 3.59. The van der Waals surface area contributed by atoms with Crippen molar-refractivity contribution >= 4 is 11.9 Å². The summed E-state index contributed by atoms with van der Waals surface area (Å²) in [5.74, 6) is -0.884. The zero-order valence-electron chi connectivity index (χ0n) is 17.3. The predicted molar refractivity (Wildman–Crippen MR) is 111 cm³/mol. The molecule has 164 valence electrons. The highest BCUT2D eigenvalue weighted by atomic mass is 16.5. The van der Waals surface area contributed by atoms with E-state index in [2.05, 4.69) is 21.5 Å². The van der Waals surface area contributed by atoms with E-state index in [1.165, 1.54) is 32.4 Å². The molecule has 10 nitrogen and oxygen atoms in total. The monoisotopic (exact) mass is 437 g/mol. The Morgan fingerprint density at radius 3 is 1.66 bits per heavy atom.